The van der Waals surface area contributed by atoms with Crippen LogP contribution in [0.4, 0.5) is 0 Å². The number of hydrogen-bond donors (Lipinski definition) is 1. The lowest BCUT2D eigenvalue weighted by molar-refractivity contribution is -0.121. The molecule has 0 unspecified atom stereocenters. The largest absolute Gasteiger partial charge is 0.368 e. The summed E-state index contributed by atoms with van der Waals surface area (Å²) in [5.41, 5.74) is 5.55. The standard InChI is InChI=1S/C10H15ClN4O3S/c1-6-8(9(11)14(2)13-6)19(17,18)15-5-3-4-7(15)10(12)16/h7H,3-5H2,1-2H3,(H2,12,16)/t7-/m1/s1. The summed E-state index contributed by atoms with van der Waals surface area (Å²) in [6.07, 6.45) is 1.04. The van der Waals surface area contributed by atoms with Gasteiger partial charge in [0.25, 0.3) is 0 Å². The predicted octanol–water partition coefficient (Wildman–Crippen LogP) is 0.0203. The van der Waals surface area contributed by atoms with Crippen molar-refractivity contribution in [1.29, 1.82) is 0 Å². The molecule has 9 heteroatoms. The van der Waals surface area contributed by atoms with E-state index in [9.17, 15) is 13.2 Å². The zero-order valence-electron chi connectivity index (χ0n) is 10.6. The second-order valence-electron chi connectivity index (χ2n) is 4.51. The van der Waals surface area contributed by atoms with E-state index in [-0.39, 0.29) is 16.6 Å². The van der Waals surface area contributed by atoms with Crippen molar-refractivity contribution >= 4 is 27.5 Å². The molecule has 2 heterocycles. The Balaban J connectivity index is 2.51. The molecule has 1 aromatic heterocycles. The van der Waals surface area contributed by atoms with Gasteiger partial charge in [-0.25, -0.2) is 8.42 Å². The quantitative estimate of drug-likeness (QED) is 0.851. The Morgan fingerprint density at radius 1 is 1.53 bits per heavy atom. The third kappa shape index (κ3) is 2.24. The van der Waals surface area contributed by atoms with Gasteiger partial charge in [-0.2, -0.15) is 9.40 Å². The smallest absolute Gasteiger partial charge is 0.248 e. The first-order chi connectivity index (χ1) is 8.76. The second-order valence-corrected chi connectivity index (χ2v) is 6.69. The number of amides is 1. The van der Waals surface area contributed by atoms with Gasteiger partial charge >= 0.3 is 0 Å². The van der Waals surface area contributed by atoms with Gasteiger partial charge in [0.05, 0.1) is 5.69 Å². The maximum Gasteiger partial charge on any atom is 0.248 e. The van der Waals surface area contributed by atoms with Gasteiger partial charge in [-0.05, 0) is 19.8 Å². The van der Waals surface area contributed by atoms with Gasteiger partial charge < -0.3 is 5.73 Å². The van der Waals surface area contributed by atoms with Gasteiger partial charge in [0, 0.05) is 13.6 Å². The van der Waals surface area contributed by atoms with E-state index in [0.717, 1.165) is 4.31 Å². The van der Waals surface area contributed by atoms with Crippen LogP contribution in [0.1, 0.15) is 18.5 Å². The molecule has 0 aliphatic carbocycles. The molecular formula is C10H15ClN4O3S. The van der Waals surface area contributed by atoms with Crippen LogP contribution in [-0.2, 0) is 21.9 Å². The Morgan fingerprint density at radius 2 is 2.16 bits per heavy atom. The van der Waals surface area contributed by atoms with Crippen molar-refractivity contribution in [3.63, 3.8) is 0 Å². The van der Waals surface area contributed by atoms with E-state index in [1.807, 2.05) is 0 Å². The lowest BCUT2D eigenvalue weighted by Gasteiger charge is -2.21. The van der Waals surface area contributed by atoms with Crippen molar-refractivity contribution < 1.29 is 13.2 Å². The van der Waals surface area contributed by atoms with Gasteiger partial charge in [-0.3, -0.25) is 9.48 Å². The normalized spacial score (nSPS) is 20.9. The van der Waals surface area contributed by atoms with Crippen LogP contribution in [0, 0.1) is 6.92 Å². The van der Waals surface area contributed by atoms with Crippen LogP contribution in [0.3, 0.4) is 0 Å². The number of aryl methyl sites for hydroxylation is 2. The van der Waals surface area contributed by atoms with Gasteiger partial charge in [-0.1, -0.05) is 11.6 Å². The summed E-state index contributed by atoms with van der Waals surface area (Å²) in [5, 5.41) is 4.02. The molecule has 1 aliphatic rings. The number of nitrogens with zero attached hydrogens (tertiary/aromatic N) is 3. The van der Waals surface area contributed by atoms with Crippen LogP contribution in [0.25, 0.3) is 0 Å². The number of rotatable bonds is 3. The Kier molecular flexibility index (Phi) is 3.59. The van der Waals surface area contributed by atoms with Crippen LogP contribution >= 0.6 is 11.6 Å². The molecule has 1 amide bonds. The van der Waals surface area contributed by atoms with Crippen LogP contribution in [0.2, 0.25) is 5.15 Å². The topological polar surface area (TPSA) is 98.3 Å². The lowest BCUT2D eigenvalue weighted by atomic mass is 10.2. The number of carbonyl (C=O) groups is 1. The zero-order valence-corrected chi connectivity index (χ0v) is 12.2. The molecule has 0 spiro atoms. The monoisotopic (exact) mass is 306 g/mol. The van der Waals surface area contributed by atoms with Crippen LogP contribution in [-0.4, -0.2) is 41.0 Å². The number of hydrogen-bond acceptors (Lipinski definition) is 4. The third-order valence-electron chi connectivity index (χ3n) is 3.20. The summed E-state index contributed by atoms with van der Waals surface area (Å²) in [6, 6.07) is -0.805. The summed E-state index contributed by atoms with van der Waals surface area (Å²) in [4.78, 5) is 11.3. The molecule has 0 aromatic carbocycles. The van der Waals surface area contributed by atoms with Gasteiger partial charge in [0.1, 0.15) is 16.1 Å². The van der Waals surface area contributed by atoms with Crippen LogP contribution in [0.5, 0.6) is 0 Å². The van der Waals surface area contributed by atoms with Crippen molar-refractivity contribution in [2.45, 2.75) is 30.7 Å². The fourth-order valence-corrected chi connectivity index (χ4v) is 4.71. The van der Waals surface area contributed by atoms with E-state index >= 15 is 0 Å². The molecule has 1 aliphatic heterocycles. The third-order valence-corrected chi connectivity index (χ3v) is 5.80. The minimum absolute atomic E-state index is 0.0348. The Hall–Kier alpha value is -1.12. The summed E-state index contributed by atoms with van der Waals surface area (Å²) < 4.78 is 27.6. The van der Waals surface area contributed by atoms with E-state index in [2.05, 4.69) is 5.10 Å². The highest BCUT2D eigenvalue weighted by atomic mass is 35.5. The van der Waals surface area contributed by atoms with Crippen molar-refractivity contribution in [2.75, 3.05) is 6.54 Å². The SMILES string of the molecule is Cc1nn(C)c(Cl)c1S(=O)(=O)N1CCC[C@@H]1C(N)=O. The number of nitrogens with two attached hydrogens (primary N) is 1. The molecule has 1 saturated heterocycles. The van der Waals surface area contributed by atoms with Crippen LogP contribution in [0.15, 0.2) is 4.90 Å². The Morgan fingerprint density at radius 3 is 2.63 bits per heavy atom. The molecule has 106 valence electrons. The van der Waals surface area contributed by atoms with Gasteiger partial charge in [0.2, 0.25) is 15.9 Å². The van der Waals surface area contributed by atoms with E-state index in [4.69, 9.17) is 17.3 Å². The fourth-order valence-electron chi connectivity index (χ4n) is 2.33. The molecule has 2 N–H and O–H groups in total. The van der Waals surface area contributed by atoms with Crippen molar-refractivity contribution in [3.8, 4) is 0 Å². The summed E-state index contributed by atoms with van der Waals surface area (Å²) in [6.45, 7) is 1.83. The highest BCUT2D eigenvalue weighted by Gasteiger charge is 2.41. The molecule has 0 bridgehead atoms. The highest BCUT2D eigenvalue weighted by Crippen LogP contribution is 2.31. The molecule has 1 aromatic rings. The number of halogens is 1. The van der Waals surface area contributed by atoms with E-state index in [1.165, 1.54) is 4.68 Å². The minimum Gasteiger partial charge on any atom is -0.368 e. The van der Waals surface area contributed by atoms with E-state index < -0.39 is 22.0 Å². The van der Waals surface area contributed by atoms with Crippen molar-refractivity contribution in [1.82, 2.24) is 14.1 Å². The summed E-state index contributed by atoms with van der Waals surface area (Å²) in [7, 11) is -2.30. The Bertz CT molecular complexity index is 625. The molecular weight excluding hydrogens is 292 g/mol. The molecule has 1 fully saturated rings. The number of aromatic nitrogens is 2. The molecule has 0 saturated carbocycles. The molecule has 7 nitrogen and oxygen atoms in total. The van der Waals surface area contributed by atoms with Gasteiger partial charge in [0.15, 0.2) is 0 Å². The predicted molar refractivity (Wildman–Crippen MR) is 69.1 cm³/mol. The minimum atomic E-state index is -3.86. The molecule has 19 heavy (non-hydrogen) atoms. The molecule has 0 radical (unpaired) electrons. The average molecular weight is 307 g/mol. The maximum atomic E-state index is 12.6. The first-order valence-corrected chi connectivity index (χ1v) is 7.59. The highest BCUT2D eigenvalue weighted by molar-refractivity contribution is 7.89. The Labute approximate surface area is 116 Å². The lowest BCUT2D eigenvalue weighted by Crippen LogP contribution is -2.43. The van der Waals surface area contributed by atoms with E-state index in [0.29, 0.717) is 18.5 Å². The van der Waals surface area contributed by atoms with Crippen LogP contribution < -0.4 is 5.73 Å². The first kappa shape index (κ1) is 14.3. The fraction of sp³-hybridized carbons (Fsp3) is 0.600. The zero-order chi connectivity index (χ0) is 14.4. The molecule has 1 atom stereocenters. The second kappa shape index (κ2) is 4.77. The first-order valence-electron chi connectivity index (χ1n) is 5.77. The summed E-state index contributed by atoms with van der Waals surface area (Å²) in [5.74, 6) is -0.640. The maximum absolute atomic E-state index is 12.6. The number of carbonyl (C=O) groups excluding carboxylic acids is 1. The molecule has 2 rings (SSSR count). The number of primary amides is 1. The van der Waals surface area contributed by atoms with E-state index in [1.54, 1.807) is 14.0 Å². The average Bonchev–Trinajstić information content (AvgIpc) is 2.85. The van der Waals surface area contributed by atoms with Crippen molar-refractivity contribution in [2.24, 2.45) is 12.8 Å². The van der Waals surface area contributed by atoms with Crippen molar-refractivity contribution in [3.05, 3.63) is 10.8 Å². The number of sulfonamides is 1. The van der Waals surface area contributed by atoms with Gasteiger partial charge in [-0.15, -0.1) is 0 Å². The summed E-state index contributed by atoms with van der Waals surface area (Å²) >= 11 is 5.98.